The van der Waals surface area contributed by atoms with E-state index in [1.165, 1.54) is 5.56 Å². The molecule has 1 heterocycles. The van der Waals surface area contributed by atoms with Crippen LogP contribution in [0, 0.1) is 0 Å². The Morgan fingerprint density at radius 3 is 2.78 bits per heavy atom. The van der Waals surface area contributed by atoms with Gasteiger partial charge >= 0.3 is 0 Å². The molecule has 1 saturated heterocycles. The van der Waals surface area contributed by atoms with Crippen molar-refractivity contribution in [2.45, 2.75) is 18.7 Å². The number of aliphatic hydroxyl groups is 1. The van der Waals surface area contributed by atoms with Crippen LogP contribution >= 0.6 is 11.6 Å². The van der Waals surface area contributed by atoms with Gasteiger partial charge in [-0.25, -0.2) is 0 Å². The van der Waals surface area contributed by atoms with Gasteiger partial charge in [0.25, 0.3) is 0 Å². The number of carbonyl (C=O) groups excluding carboxylic acids is 1. The Morgan fingerprint density at radius 1 is 1.39 bits per heavy atom. The maximum Gasteiger partial charge on any atom is 0.235 e. The normalized spacial score (nSPS) is 24.1. The van der Waals surface area contributed by atoms with Gasteiger partial charge in [-0.3, -0.25) is 9.69 Å². The highest BCUT2D eigenvalue weighted by atomic mass is 35.5. The molecule has 1 aliphatic heterocycles. The quantitative estimate of drug-likeness (QED) is 0.786. The van der Waals surface area contributed by atoms with Crippen LogP contribution < -0.4 is 5.32 Å². The molecule has 2 N–H and O–H groups in total. The molecule has 1 aromatic carbocycles. The number of carbonyl (C=O) groups is 1. The first-order valence-electron chi connectivity index (χ1n) is 5.98. The van der Waals surface area contributed by atoms with E-state index < -0.39 is 6.10 Å². The van der Waals surface area contributed by atoms with Gasteiger partial charge in [0.15, 0.2) is 0 Å². The SMILES string of the molecule is O=C(CCl)N[C@H]1CN(Cc2ccccc2)C[C@@H]1O. The van der Waals surface area contributed by atoms with E-state index in [2.05, 4.69) is 22.3 Å². The predicted octanol–water partition coefficient (Wildman–Crippen LogP) is 0.587. The Kier molecular flexibility index (Phi) is 4.58. The number of halogens is 1. The number of hydrogen-bond donors (Lipinski definition) is 2. The highest BCUT2D eigenvalue weighted by Gasteiger charge is 2.31. The van der Waals surface area contributed by atoms with Gasteiger partial charge in [-0.15, -0.1) is 11.6 Å². The number of benzene rings is 1. The highest BCUT2D eigenvalue weighted by molar-refractivity contribution is 6.27. The minimum atomic E-state index is -0.527. The zero-order valence-corrected chi connectivity index (χ0v) is 10.8. The number of nitrogens with zero attached hydrogens (tertiary/aromatic N) is 1. The average molecular weight is 269 g/mol. The van der Waals surface area contributed by atoms with Crippen LogP contribution in [-0.2, 0) is 11.3 Å². The number of alkyl halides is 1. The Hall–Kier alpha value is -1.10. The lowest BCUT2D eigenvalue weighted by Gasteiger charge is -2.16. The summed E-state index contributed by atoms with van der Waals surface area (Å²) in [7, 11) is 0. The third kappa shape index (κ3) is 3.45. The van der Waals surface area contributed by atoms with Gasteiger partial charge in [0, 0.05) is 19.6 Å². The first-order chi connectivity index (χ1) is 8.69. The average Bonchev–Trinajstić information content (AvgIpc) is 2.70. The number of aliphatic hydroxyl groups excluding tert-OH is 1. The standard InChI is InChI=1S/C13H17ClN2O2/c14-6-13(18)15-11-8-16(9-12(11)17)7-10-4-2-1-3-5-10/h1-5,11-12,17H,6-9H2,(H,15,18)/t11-,12-/m0/s1. The van der Waals surface area contributed by atoms with Gasteiger partial charge in [-0.1, -0.05) is 30.3 Å². The first-order valence-corrected chi connectivity index (χ1v) is 6.52. The summed E-state index contributed by atoms with van der Waals surface area (Å²) in [5.41, 5.74) is 1.20. The Labute approximate surface area is 112 Å². The summed E-state index contributed by atoms with van der Waals surface area (Å²) in [5, 5.41) is 12.6. The molecule has 1 aromatic rings. The highest BCUT2D eigenvalue weighted by Crippen LogP contribution is 2.14. The van der Waals surface area contributed by atoms with E-state index in [-0.39, 0.29) is 17.8 Å². The molecule has 18 heavy (non-hydrogen) atoms. The maximum absolute atomic E-state index is 11.2. The topological polar surface area (TPSA) is 52.6 Å². The van der Waals surface area contributed by atoms with Crippen LogP contribution in [0.3, 0.4) is 0 Å². The fraction of sp³-hybridized carbons (Fsp3) is 0.462. The van der Waals surface area contributed by atoms with E-state index in [4.69, 9.17) is 11.6 Å². The molecule has 0 unspecified atom stereocenters. The number of hydrogen-bond acceptors (Lipinski definition) is 3. The van der Waals surface area contributed by atoms with Crippen LogP contribution in [0.2, 0.25) is 0 Å². The molecule has 0 saturated carbocycles. The second-order valence-electron chi connectivity index (χ2n) is 4.55. The van der Waals surface area contributed by atoms with E-state index in [0.717, 1.165) is 6.54 Å². The first kappa shape index (κ1) is 13.3. The Balaban J connectivity index is 1.88. The molecule has 98 valence electrons. The van der Waals surface area contributed by atoms with Crippen molar-refractivity contribution in [1.29, 1.82) is 0 Å². The molecule has 5 heteroatoms. The summed E-state index contributed by atoms with van der Waals surface area (Å²) in [4.78, 5) is 13.3. The lowest BCUT2D eigenvalue weighted by Crippen LogP contribution is -2.43. The van der Waals surface area contributed by atoms with E-state index in [0.29, 0.717) is 13.1 Å². The summed E-state index contributed by atoms with van der Waals surface area (Å²) in [6.07, 6.45) is -0.527. The molecule has 0 bridgehead atoms. The van der Waals surface area contributed by atoms with E-state index in [1.54, 1.807) is 0 Å². The van der Waals surface area contributed by atoms with Gasteiger partial charge in [0.2, 0.25) is 5.91 Å². The van der Waals surface area contributed by atoms with Gasteiger partial charge in [-0.05, 0) is 5.56 Å². The van der Waals surface area contributed by atoms with Crippen LogP contribution in [0.1, 0.15) is 5.56 Å². The van der Waals surface area contributed by atoms with E-state index in [1.807, 2.05) is 18.2 Å². The number of amides is 1. The fourth-order valence-electron chi connectivity index (χ4n) is 2.22. The van der Waals surface area contributed by atoms with Crippen molar-refractivity contribution in [2.24, 2.45) is 0 Å². The monoisotopic (exact) mass is 268 g/mol. The molecule has 1 fully saturated rings. The van der Waals surface area contributed by atoms with Crippen LogP contribution in [0.15, 0.2) is 30.3 Å². The number of β-amino-alcohol motifs (C(OH)–C–C–N with tert-alkyl or cyclic N) is 1. The Bertz CT molecular complexity index is 399. The maximum atomic E-state index is 11.2. The number of rotatable bonds is 4. The van der Waals surface area contributed by atoms with Crippen molar-refractivity contribution >= 4 is 17.5 Å². The summed E-state index contributed by atoms with van der Waals surface area (Å²) >= 11 is 5.44. The largest absolute Gasteiger partial charge is 0.390 e. The molecule has 1 aliphatic rings. The second-order valence-corrected chi connectivity index (χ2v) is 4.82. The third-order valence-electron chi connectivity index (χ3n) is 3.08. The van der Waals surface area contributed by atoms with Gasteiger partial charge in [-0.2, -0.15) is 0 Å². The van der Waals surface area contributed by atoms with Crippen molar-refractivity contribution in [1.82, 2.24) is 10.2 Å². The number of likely N-dealkylation sites (tertiary alicyclic amines) is 1. The van der Waals surface area contributed by atoms with Crippen molar-refractivity contribution in [3.63, 3.8) is 0 Å². The molecule has 0 aliphatic carbocycles. The lowest BCUT2D eigenvalue weighted by molar-refractivity contribution is -0.119. The smallest absolute Gasteiger partial charge is 0.235 e. The zero-order valence-electron chi connectivity index (χ0n) is 10.1. The van der Waals surface area contributed by atoms with Crippen LogP contribution in [-0.4, -0.2) is 47.0 Å². The predicted molar refractivity (Wildman–Crippen MR) is 70.4 cm³/mol. The molecule has 1 amide bonds. The summed E-state index contributed by atoms with van der Waals surface area (Å²) in [5.74, 6) is -0.302. The van der Waals surface area contributed by atoms with Crippen molar-refractivity contribution < 1.29 is 9.90 Å². The third-order valence-corrected chi connectivity index (χ3v) is 3.32. The molecule has 2 rings (SSSR count). The van der Waals surface area contributed by atoms with Crippen LogP contribution in [0.5, 0.6) is 0 Å². The van der Waals surface area contributed by atoms with Crippen molar-refractivity contribution in [3.05, 3.63) is 35.9 Å². The molecular weight excluding hydrogens is 252 g/mol. The van der Waals surface area contributed by atoms with Crippen LogP contribution in [0.25, 0.3) is 0 Å². The van der Waals surface area contributed by atoms with Gasteiger partial charge < -0.3 is 10.4 Å². The molecular formula is C13H17ClN2O2. The fourth-order valence-corrected chi connectivity index (χ4v) is 2.30. The number of nitrogens with one attached hydrogen (secondary N) is 1. The van der Waals surface area contributed by atoms with Crippen molar-refractivity contribution in [3.8, 4) is 0 Å². The molecule has 2 atom stereocenters. The van der Waals surface area contributed by atoms with Gasteiger partial charge in [0.1, 0.15) is 5.88 Å². The van der Waals surface area contributed by atoms with E-state index in [9.17, 15) is 9.90 Å². The minimum Gasteiger partial charge on any atom is -0.390 e. The minimum absolute atomic E-state index is 0.0676. The van der Waals surface area contributed by atoms with E-state index >= 15 is 0 Å². The lowest BCUT2D eigenvalue weighted by atomic mass is 10.2. The molecule has 0 spiro atoms. The summed E-state index contributed by atoms with van der Waals surface area (Å²) in [6, 6.07) is 9.85. The summed E-state index contributed by atoms with van der Waals surface area (Å²) in [6.45, 7) is 2.01. The molecule has 0 radical (unpaired) electrons. The van der Waals surface area contributed by atoms with Crippen LogP contribution in [0.4, 0.5) is 0 Å². The second kappa shape index (κ2) is 6.18. The summed E-state index contributed by atoms with van der Waals surface area (Å²) < 4.78 is 0. The molecule has 4 nitrogen and oxygen atoms in total. The zero-order chi connectivity index (χ0) is 13.0. The molecule has 0 aromatic heterocycles. The van der Waals surface area contributed by atoms with Gasteiger partial charge in [0.05, 0.1) is 12.1 Å². The Morgan fingerprint density at radius 2 is 2.11 bits per heavy atom. The van der Waals surface area contributed by atoms with Crippen molar-refractivity contribution in [2.75, 3.05) is 19.0 Å².